The number of benzene rings is 1. The van der Waals surface area contributed by atoms with E-state index in [4.69, 9.17) is 0 Å². The highest BCUT2D eigenvalue weighted by atomic mass is 19.1. The molecule has 5 nitrogen and oxygen atoms in total. The van der Waals surface area contributed by atoms with Crippen LogP contribution in [0, 0.1) is 17.2 Å². The summed E-state index contributed by atoms with van der Waals surface area (Å²) in [6.45, 7) is 9.76. The highest BCUT2D eigenvalue weighted by Gasteiger charge is 2.28. The maximum absolute atomic E-state index is 13.3. The van der Waals surface area contributed by atoms with Crippen LogP contribution in [0.5, 0.6) is 0 Å². The van der Waals surface area contributed by atoms with Crippen molar-refractivity contribution in [3.8, 4) is 0 Å². The Balaban J connectivity index is 1.60. The molecule has 3 unspecified atom stereocenters. The van der Waals surface area contributed by atoms with Crippen LogP contribution in [0.1, 0.15) is 51.4 Å². The van der Waals surface area contributed by atoms with Gasteiger partial charge in [-0.05, 0) is 36.5 Å². The second-order valence-corrected chi connectivity index (χ2v) is 9.23. The minimum atomic E-state index is -0.238. The number of hydrogen-bond acceptors (Lipinski definition) is 3. The first-order valence-corrected chi connectivity index (χ1v) is 10.9. The molecular weight excluding hydrogens is 391 g/mol. The molecule has 0 fully saturated rings. The van der Waals surface area contributed by atoms with E-state index in [0.29, 0.717) is 13.1 Å². The molecule has 1 aromatic carbocycles. The lowest BCUT2D eigenvalue weighted by molar-refractivity contribution is -0.125. The number of nitrogens with zero attached hydrogens (tertiary/aromatic N) is 2. The Morgan fingerprint density at radius 3 is 2.65 bits per heavy atom. The van der Waals surface area contributed by atoms with Crippen molar-refractivity contribution >= 4 is 5.91 Å². The van der Waals surface area contributed by atoms with E-state index in [1.165, 1.54) is 12.1 Å². The van der Waals surface area contributed by atoms with E-state index in [1.807, 2.05) is 30.5 Å². The zero-order valence-corrected chi connectivity index (χ0v) is 18.8. The Hall–Kier alpha value is -2.73. The fourth-order valence-electron chi connectivity index (χ4n) is 3.69. The summed E-state index contributed by atoms with van der Waals surface area (Å²) >= 11 is 0. The predicted octanol–water partition coefficient (Wildman–Crippen LogP) is 4.38. The molecule has 1 heterocycles. The number of imidazole rings is 1. The number of carbonyl (C=O) groups is 1. The third kappa shape index (κ3) is 6.14. The van der Waals surface area contributed by atoms with Crippen LogP contribution in [-0.4, -0.2) is 28.0 Å². The molecule has 1 aliphatic carbocycles. The minimum Gasteiger partial charge on any atom is -0.351 e. The molecule has 1 aliphatic rings. The summed E-state index contributed by atoms with van der Waals surface area (Å²) in [5.74, 6) is -0.274. The monoisotopic (exact) mass is 424 g/mol. The van der Waals surface area contributed by atoms with E-state index >= 15 is 0 Å². The average molecular weight is 425 g/mol. The normalized spacial score (nSPS) is 18.0. The molecular formula is C25H33FN4O. The Kier molecular flexibility index (Phi) is 7.44. The highest BCUT2D eigenvalue weighted by Crippen LogP contribution is 2.22. The van der Waals surface area contributed by atoms with Crippen molar-refractivity contribution in [2.75, 3.05) is 6.54 Å². The summed E-state index contributed by atoms with van der Waals surface area (Å²) < 4.78 is 15.3. The maximum atomic E-state index is 13.3. The molecule has 2 aromatic rings. The summed E-state index contributed by atoms with van der Waals surface area (Å²) in [7, 11) is 0. The van der Waals surface area contributed by atoms with Crippen LogP contribution in [-0.2, 0) is 11.3 Å². The molecule has 3 atom stereocenters. The molecule has 1 aromatic heterocycles. The van der Waals surface area contributed by atoms with Gasteiger partial charge in [0.1, 0.15) is 5.82 Å². The van der Waals surface area contributed by atoms with Gasteiger partial charge in [0.2, 0.25) is 5.91 Å². The number of halogens is 1. The molecule has 0 radical (unpaired) electrons. The van der Waals surface area contributed by atoms with E-state index < -0.39 is 0 Å². The third-order valence-electron chi connectivity index (χ3n) is 5.85. The van der Waals surface area contributed by atoms with Crippen molar-refractivity contribution in [2.45, 2.75) is 52.7 Å². The maximum Gasteiger partial charge on any atom is 0.227 e. The van der Waals surface area contributed by atoms with E-state index in [-0.39, 0.29) is 35.1 Å². The van der Waals surface area contributed by atoms with Crippen molar-refractivity contribution in [1.82, 2.24) is 20.2 Å². The summed E-state index contributed by atoms with van der Waals surface area (Å²) in [5.41, 5.74) is 1.98. The van der Waals surface area contributed by atoms with Crippen LogP contribution < -0.4 is 10.6 Å². The van der Waals surface area contributed by atoms with Crippen LogP contribution in [0.15, 0.2) is 61.1 Å². The number of rotatable bonds is 8. The molecule has 1 amide bonds. The van der Waals surface area contributed by atoms with Crippen molar-refractivity contribution in [3.63, 3.8) is 0 Å². The SMILES string of the molecule is CC(c1ccc(F)cc1)n1cncc1CNCC(NC(=O)C1C=CC=CC1)C(C)(C)C. The highest BCUT2D eigenvalue weighted by molar-refractivity contribution is 5.81. The van der Waals surface area contributed by atoms with Crippen LogP contribution in [0.4, 0.5) is 4.39 Å². The van der Waals surface area contributed by atoms with E-state index in [0.717, 1.165) is 17.7 Å². The van der Waals surface area contributed by atoms with Crippen molar-refractivity contribution < 1.29 is 9.18 Å². The molecule has 166 valence electrons. The second-order valence-electron chi connectivity index (χ2n) is 9.23. The number of nitrogens with one attached hydrogen (secondary N) is 2. The van der Waals surface area contributed by atoms with Gasteiger partial charge in [0.05, 0.1) is 24.0 Å². The van der Waals surface area contributed by atoms with Gasteiger partial charge < -0.3 is 15.2 Å². The predicted molar refractivity (Wildman–Crippen MR) is 122 cm³/mol. The first-order valence-electron chi connectivity index (χ1n) is 10.9. The van der Waals surface area contributed by atoms with Gasteiger partial charge in [-0.1, -0.05) is 57.2 Å². The lowest BCUT2D eigenvalue weighted by Gasteiger charge is -2.33. The Morgan fingerprint density at radius 1 is 1.26 bits per heavy atom. The van der Waals surface area contributed by atoms with Gasteiger partial charge in [-0.3, -0.25) is 4.79 Å². The quantitative estimate of drug-likeness (QED) is 0.661. The fourth-order valence-corrected chi connectivity index (χ4v) is 3.69. The van der Waals surface area contributed by atoms with Crippen molar-refractivity contribution in [1.29, 1.82) is 0 Å². The van der Waals surface area contributed by atoms with E-state index in [9.17, 15) is 9.18 Å². The van der Waals surface area contributed by atoms with Gasteiger partial charge in [-0.15, -0.1) is 0 Å². The molecule has 0 bridgehead atoms. The summed E-state index contributed by atoms with van der Waals surface area (Å²) in [4.78, 5) is 17.0. The summed E-state index contributed by atoms with van der Waals surface area (Å²) in [6, 6.07) is 6.60. The van der Waals surface area contributed by atoms with Gasteiger partial charge in [-0.25, -0.2) is 9.37 Å². The van der Waals surface area contributed by atoms with Crippen LogP contribution >= 0.6 is 0 Å². The Labute approximate surface area is 184 Å². The van der Waals surface area contributed by atoms with Gasteiger partial charge in [0.15, 0.2) is 0 Å². The molecule has 0 spiro atoms. The number of aromatic nitrogens is 2. The van der Waals surface area contributed by atoms with Crippen LogP contribution in [0.2, 0.25) is 0 Å². The molecule has 2 N–H and O–H groups in total. The molecule has 6 heteroatoms. The Bertz CT molecular complexity index is 924. The van der Waals surface area contributed by atoms with E-state index in [1.54, 1.807) is 18.5 Å². The summed E-state index contributed by atoms with van der Waals surface area (Å²) in [5, 5.41) is 6.72. The van der Waals surface area contributed by atoms with Gasteiger partial charge in [0.25, 0.3) is 0 Å². The first-order chi connectivity index (χ1) is 14.8. The Morgan fingerprint density at radius 2 is 2.00 bits per heavy atom. The topological polar surface area (TPSA) is 59.0 Å². The number of allylic oxidation sites excluding steroid dienone is 3. The van der Waals surface area contributed by atoms with Crippen LogP contribution in [0.25, 0.3) is 0 Å². The second kappa shape index (κ2) is 10.1. The fraction of sp³-hybridized carbons (Fsp3) is 0.440. The first kappa shape index (κ1) is 22.9. The largest absolute Gasteiger partial charge is 0.351 e. The zero-order valence-electron chi connectivity index (χ0n) is 18.8. The zero-order chi connectivity index (χ0) is 22.4. The van der Waals surface area contributed by atoms with Gasteiger partial charge in [-0.2, -0.15) is 0 Å². The standard InChI is InChI=1S/C25H33FN4O/c1-18(19-10-12-21(26)13-11-19)30-17-28-15-22(30)14-27-16-23(25(2,3)4)29-24(31)20-8-6-5-7-9-20/h5-8,10-13,15,17-18,20,23,27H,9,14,16H2,1-4H3,(H,29,31). The molecule has 0 saturated carbocycles. The molecule has 0 saturated heterocycles. The van der Waals surface area contributed by atoms with Gasteiger partial charge >= 0.3 is 0 Å². The lowest BCUT2D eigenvalue weighted by atomic mass is 9.86. The number of carbonyl (C=O) groups excluding carboxylic acids is 1. The lowest BCUT2D eigenvalue weighted by Crippen LogP contribution is -2.51. The van der Waals surface area contributed by atoms with Crippen LogP contribution in [0.3, 0.4) is 0 Å². The minimum absolute atomic E-state index is 0.00907. The van der Waals surface area contributed by atoms with Crippen molar-refractivity contribution in [3.05, 3.63) is 78.2 Å². The average Bonchev–Trinajstić information content (AvgIpc) is 3.21. The summed E-state index contributed by atoms with van der Waals surface area (Å²) in [6.07, 6.45) is 12.3. The molecule has 0 aliphatic heterocycles. The van der Waals surface area contributed by atoms with Gasteiger partial charge in [0, 0.05) is 25.3 Å². The molecule has 3 rings (SSSR count). The smallest absolute Gasteiger partial charge is 0.227 e. The van der Waals surface area contributed by atoms with Crippen molar-refractivity contribution in [2.24, 2.45) is 11.3 Å². The van der Waals surface area contributed by atoms with E-state index in [2.05, 4.69) is 47.9 Å². The number of amides is 1. The third-order valence-corrected chi connectivity index (χ3v) is 5.85. The molecule has 31 heavy (non-hydrogen) atoms. The number of hydrogen-bond donors (Lipinski definition) is 2.